The molecule has 2 amide bonds. The molecule has 0 N–H and O–H groups in total. The molecule has 7 nitrogen and oxygen atoms in total. The van der Waals surface area contributed by atoms with E-state index in [1.165, 1.54) is 4.90 Å². The number of hydrogen-bond donors (Lipinski definition) is 0. The fourth-order valence-electron chi connectivity index (χ4n) is 4.26. The van der Waals surface area contributed by atoms with Crippen molar-refractivity contribution in [3.63, 3.8) is 0 Å². The number of likely N-dealkylation sites (tertiary alicyclic amines) is 1. The van der Waals surface area contributed by atoms with Gasteiger partial charge in [0, 0.05) is 31.9 Å². The van der Waals surface area contributed by atoms with Crippen LogP contribution < -0.4 is 4.90 Å². The summed E-state index contributed by atoms with van der Waals surface area (Å²) < 4.78 is 5.79. The summed E-state index contributed by atoms with van der Waals surface area (Å²) >= 11 is 0. The van der Waals surface area contributed by atoms with Gasteiger partial charge >= 0.3 is 6.01 Å². The standard InChI is InChI=1S/C22H22N4O3/c1-25(22-24-17-4-2-3-5-18(17)29-22)21(28)16-8-9-19(27)26(15-6-7-15)20(16)14-10-12-23-13-11-14/h2-5,10-13,15-16,20H,6-9H2,1H3/t16-,20+/m0/s1. The van der Waals surface area contributed by atoms with Gasteiger partial charge in [0.15, 0.2) is 5.58 Å². The predicted molar refractivity (Wildman–Crippen MR) is 107 cm³/mol. The minimum absolute atomic E-state index is 0.0866. The molecule has 148 valence electrons. The van der Waals surface area contributed by atoms with Crippen LogP contribution in [-0.4, -0.2) is 39.8 Å². The Bertz CT molecular complexity index is 1030. The summed E-state index contributed by atoms with van der Waals surface area (Å²) in [5.41, 5.74) is 2.31. The van der Waals surface area contributed by atoms with Gasteiger partial charge in [0.2, 0.25) is 11.8 Å². The minimum atomic E-state index is -0.351. The average Bonchev–Trinajstić information content (AvgIpc) is 3.50. The van der Waals surface area contributed by atoms with E-state index in [-0.39, 0.29) is 35.8 Å². The fraction of sp³-hybridized carbons (Fsp3) is 0.364. The van der Waals surface area contributed by atoms with Crippen LogP contribution in [0.4, 0.5) is 6.01 Å². The number of benzene rings is 1. The highest BCUT2D eigenvalue weighted by Gasteiger charge is 2.47. The third kappa shape index (κ3) is 3.16. The maximum absolute atomic E-state index is 13.5. The molecular weight excluding hydrogens is 368 g/mol. The molecule has 1 aliphatic carbocycles. The Kier molecular flexibility index (Phi) is 4.30. The number of oxazole rings is 1. The fourth-order valence-corrected chi connectivity index (χ4v) is 4.26. The van der Waals surface area contributed by atoms with Crippen molar-refractivity contribution < 1.29 is 14.0 Å². The molecule has 0 bridgehead atoms. The summed E-state index contributed by atoms with van der Waals surface area (Å²) in [6.45, 7) is 0. The van der Waals surface area contributed by atoms with Crippen LogP contribution in [0.15, 0.2) is 53.2 Å². The van der Waals surface area contributed by atoms with Crippen LogP contribution >= 0.6 is 0 Å². The number of nitrogens with zero attached hydrogens (tertiary/aromatic N) is 4. The zero-order valence-electron chi connectivity index (χ0n) is 16.2. The maximum atomic E-state index is 13.5. The third-order valence-electron chi connectivity index (χ3n) is 5.84. The van der Waals surface area contributed by atoms with E-state index in [2.05, 4.69) is 9.97 Å². The number of para-hydroxylation sites is 2. The first kappa shape index (κ1) is 17.8. The first-order valence-electron chi connectivity index (χ1n) is 9.97. The minimum Gasteiger partial charge on any atom is -0.423 e. The van der Waals surface area contributed by atoms with Crippen LogP contribution in [0.3, 0.4) is 0 Å². The number of rotatable bonds is 4. The monoisotopic (exact) mass is 390 g/mol. The van der Waals surface area contributed by atoms with Crippen molar-refractivity contribution >= 4 is 28.9 Å². The van der Waals surface area contributed by atoms with Crippen molar-refractivity contribution in [1.29, 1.82) is 0 Å². The highest BCUT2D eigenvalue weighted by Crippen LogP contribution is 2.44. The van der Waals surface area contributed by atoms with E-state index < -0.39 is 0 Å². The molecule has 1 saturated heterocycles. The van der Waals surface area contributed by atoms with Gasteiger partial charge < -0.3 is 9.32 Å². The summed E-state index contributed by atoms with van der Waals surface area (Å²) in [7, 11) is 1.69. The van der Waals surface area contributed by atoms with Gasteiger partial charge in [-0.05, 0) is 49.1 Å². The highest BCUT2D eigenvalue weighted by molar-refractivity contribution is 5.95. The topological polar surface area (TPSA) is 79.5 Å². The summed E-state index contributed by atoms with van der Waals surface area (Å²) in [5, 5.41) is 0. The smallest absolute Gasteiger partial charge is 0.304 e. The molecule has 29 heavy (non-hydrogen) atoms. The Balaban J connectivity index is 1.49. The largest absolute Gasteiger partial charge is 0.423 e. The number of anilines is 1. The molecule has 0 radical (unpaired) electrons. The Morgan fingerprint density at radius 2 is 1.90 bits per heavy atom. The van der Waals surface area contributed by atoms with Gasteiger partial charge in [-0.3, -0.25) is 19.5 Å². The van der Waals surface area contributed by atoms with Gasteiger partial charge in [0.05, 0.1) is 12.0 Å². The van der Waals surface area contributed by atoms with Crippen molar-refractivity contribution in [3.05, 3.63) is 54.4 Å². The maximum Gasteiger partial charge on any atom is 0.304 e. The highest BCUT2D eigenvalue weighted by atomic mass is 16.4. The molecule has 2 atom stereocenters. The van der Waals surface area contributed by atoms with Crippen molar-refractivity contribution in [2.24, 2.45) is 5.92 Å². The first-order chi connectivity index (χ1) is 14.1. The molecule has 7 heteroatoms. The van der Waals surface area contributed by atoms with Gasteiger partial charge in [0.25, 0.3) is 0 Å². The molecule has 1 saturated carbocycles. The van der Waals surface area contributed by atoms with Gasteiger partial charge in [0.1, 0.15) is 5.52 Å². The lowest BCUT2D eigenvalue weighted by atomic mass is 9.83. The molecule has 1 aliphatic heterocycles. The van der Waals surface area contributed by atoms with Crippen LogP contribution in [0, 0.1) is 5.92 Å². The Morgan fingerprint density at radius 1 is 1.14 bits per heavy atom. The quantitative estimate of drug-likeness (QED) is 0.683. The van der Waals surface area contributed by atoms with E-state index >= 15 is 0 Å². The second-order valence-electron chi connectivity index (χ2n) is 7.76. The number of carbonyl (C=O) groups excluding carboxylic acids is 2. The number of amides is 2. The second-order valence-corrected chi connectivity index (χ2v) is 7.76. The molecular formula is C22H22N4O3. The molecule has 2 fully saturated rings. The van der Waals surface area contributed by atoms with Crippen LogP contribution in [0.25, 0.3) is 11.1 Å². The van der Waals surface area contributed by atoms with E-state index in [1.54, 1.807) is 19.4 Å². The number of fused-ring (bicyclic) bond motifs is 1. The molecule has 5 rings (SSSR count). The van der Waals surface area contributed by atoms with E-state index in [9.17, 15) is 9.59 Å². The van der Waals surface area contributed by atoms with Gasteiger partial charge in [-0.25, -0.2) is 0 Å². The molecule has 1 aromatic carbocycles. The lowest BCUT2D eigenvalue weighted by molar-refractivity contribution is -0.143. The number of hydrogen-bond acceptors (Lipinski definition) is 5. The number of pyridine rings is 1. The SMILES string of the molecule is CN(C(=O)[C@H]1CCC(=O)N(C2CC2)[C@@H]1c1ccncc1)c1nc2ccccc2o1. The zero-order chi connectivity index (χ0) is 20.0. The van der Waals surface area contributed by atoms with Crippen LogP contribution in [0.2, 0.25) is 0 Å². The van der Waals surface area contributed by atoms with Crippen LogP contribution in [-0.2, 0) is 9.59 Å². The van der Waals surface area contributed by atoms with Crippen LogP contribution in [0.1, 0.15) is 37.3 Å². The van der Waals surface area contributed by atoms with Crippen molar-refractivity contribution in [2.45, 2.75) is 37.8 Å². The van der Waals surface area contributed by atoms with Crippen molar-refractivity contribution in [2.75, 3.05) is 11.9 Å². The number of aromatic nitrogens is 2. The molecule has 0 spiro atoms. The van der Waals surface area contributed by atoms with Gasteiger partial charge in [-0.1, -0.05) is 12.1 Å². The predicted octanol–water partition coefficient (Wildman–Crippen LogP) is 3.33. The summed E-state index contributed by atoms with van der Waals surface area (Å²) in [5.74, 6) is -0.310. The first-order valence-corrected chi connectivity index (χ1v) is 9.97. The van der Waals surface area contributed by atoms with Crippen LogP contribution in [0.5, 0.6) is 0 Å². The van der Waals surface area contributed by atoms with E-state index in [0.29, 0.717) is 23.9 Å². The lowest BCUT2D eigenvalue weighted by Crippen LogP contribution is -2.49. The summed E-state index contributed by atoms with van der Waals surface area (Å²) in [4.78, 5) is 38.2. The Labute approximate surface area is 168 Å². The normalized spacial score (nSPS) is 22.1. The summed E-state index contributed by atoms with van der Waals surface area (Å²) in [6, 6.07) is 11.5. The van der Waals surface area contributed by atoms with Gasteiger partial charge in [-0.15, -0.1) is 0 Å². The van der Waals surface area contributed by atoms with E-state index in [4.69, 9.17) is 4.42 Å². The Morgan fingerprint density at radius 3 is 2.62 bits per heavy atom. The molecule has 0 unspecified atom stereocenters. The van der Waals surface area contributed by atoms with Gasteiger partial charge in [-0.2, -0.15) is 4.98 Å². The number of piperidine rings is 1. The van der Waals surface area contributed by atoms with Crippen molar-refractivity contribution in [3.8, 4) is 0 Å². The second kappa shape index (κ2) is 6.99. The molecule has 2 aliphatic rings. The Hall–Kier alpha value is -3.22. The summed E-state index contributed by atoms with van der Waals surface area (Å²) in [6.07, 6.45) is 6.32. The van der Waals surface area contributed by atoms with E-state index in [1.807, 2.05) is 41.3 Å². The molecule has 3 heterocycles. The lowest BCUT2D eigenvalue weighted by Gasteiger charge is -2.41. The third-order valence-corrected chi connectivity index (χ3v) is 5.84. The zero-order valence-corrected chi connectivity index (χ0v) is 16.2. The number of carbonyl (C=O) groups is 2. The average molecular weight is 390 g/mol. The van der Waals surface area contributed by atoms with E-state index in [0.717, 1.165) is 18.4 Å². The van der Waals surface area contributed by atoms with Crippen molar-refractivity contribution in [1.82, 2.24) is 14.9 Å². The molecule has 2 aromatic heterocycles. The molecule has 3 aromatic rings.